The van der Waals surface area contributed by atoms with Gasteiger partial charge in [0.2, 0.25) is 0 Å². The number of hydrogen-bond acceptors (Lipinski definition) is 4. The Morgan fingerprint density at radius 3 is 2.48 bits per heavy atom. The zero-order valence-electron chi connectivity index (χ0n) is 16.4. The molecule has 1 aliphatic carbocycles. The normalized spacial score (nSPS) is 31.1. The fraction of sp³-hybridized carbons (Fsp3) is 0.652. The molecule has 0 amide bonds. The van der Waals surface area contributed by atoms with Crippen LogP contribution in [0.1, 0.15) is 55.6 Å². The minimum atomic E-state index is -0.779. The summed E-state index contributed by atoms with van der Waals surface area (Å²) in [6.45, 7) is 3.55. The standard InChI is InChI=1S/C23H32N2O2/c1-24-14-4-5-15-25-20(16-24)22(21(25)17-26)19-8-6-18(7-9-19)10-13-23(27)11-2-3-12-23/h6-9,20-22,26-27H,2-5,11-12,14-17H2,1H3/t20-,21+,22-/m0/s1. The Labute approximate surface area is 163 Å². The van der Waals surface area contributed by atoms with Gasteiger partial charge in [-0.15, -0.1) is 0 Å². The fourth-order valence-electron chi connectivity index (χ4n) is 5.18. The van der Waals surface area contributed by atoms with Crippen molar-refractivity contribution in [3.63, 3.8) is 0 Å². The van der Waals surface area contributed by atoms with Crippen molar-refractivity contribution in [3.05, 3.63) is 35.4 Å². The van der Waals surface area contributed by atoms with E-state index in [0.717, 1.165) is 50.9 Å². The van der Waals surface area contributed by atoms with E-state index in [1.807, 2.05) is 0 Å². The molecule has 4 heteroatoms. The molecule has 1 aromatic carbocycles. The molecule has 146 valence electrons. The van der Waals surface area contributed by atoms with Crippen LogP contribution in [0, 0.1) is 11.8 Å². The van der Waals surface area contributed by atoms with Gasteiger partial charge in [-0.1, -0.05) is 24.0 Å². The van der Waals surface area contributed by atoms with Crippen LogP contribution < -0.4 is 0 Å². The molecule has 3 atom stereocenters. The third kappa shape index (κ3) is 3.93. The molecule has 0 aromatic heterocycles. The molecule has 27 heavy (non-hydrogen) atoms. The van der Waals surface area contributed by atoms with Crippen LogP contribution in [0.2, 0.25) is 0 Å². The molecule has 0 radical (unpaired) electrons. The lowest BCUT2D eigenvalue weighted by molar-refractivity contribution is -0.0614. The van der Waals surface area contributed by atoms with Gasteiger partial charge in [0.15, 0.2) is 0 Å². The molecule has 0 unspecified atom stereocenters. The molecule has 2 saturated heterocycles. The smallest absolute Gasteiger partial charge is 0.125 e. The topological polar surface area (TPSA) is 46.9 Å². The third-order valence-corrected chi connectivity index (χ3v) is 6.74. The van der Waals surface area contributed by atoms with Crippen molar-refractivity contribution in [2.24, 2.45) is 0 Å². The van der Waals surface area contributed by atoms with Gasteiger partial charge in [0.25, 0.3) is 0 Å². The van der Waals surface area contributed by atoms with Crippen molar-refractivity contribution in [2.45, 2.75) is 62.1 Å². The van der Waals surface area contributed by atoms with Crippen LogP contribution in [0.4, 0.5) is 0 Å². The minimum absolute atomic E-state index is 0.222. The SMILES string of the molecule is CN1CCCCN2[C@H](CO)[C@@H](c3ccc(C#CC4(O)CCCC4)cc3)[C@@H]2C1. The van der Waals surface area contributed by atoms with Crippen molar-refractivity contribution >= 4 is 0 Å². The Hall–Kier alpha value is -1.38. The lowest BCUT2D eigenvalue weighted by atomic mass is 9.74. The molecule has 2 N–H and O–H groups in total. The molecule has 0 bridgehead atoms. The first-order chi connectivity index (χ1) is 13.1. The van der Waals surface area contributed by atoms with Gasteiger partial charge < -0.3 is 15.1 Å². The Morgan fingerprint density at radius 1 is 1.07 bits per heavy atom. The van der Waals surface area contributed by atoms with Crippen LogP contribution in [0.5, 0.6) is 0 Å². The number of fused-ring (bicyclic) bond motifs is 1. The molecule has 1 saturated carbocycles. The van der Waals surface area contributed by atoms with Crippen LogP contribution in [-0.4, -0.2) is 71.0 Å². The minimum Gasteiger partial charge on any atom is -0.395 e. The summed E-state index contributed by atoms with van der Waals surface area (Å²) in [6, 6.07) is 9.22. The molecule has 3 fully saturated rings. The van der Waals surface area contributed by atoms with Gasteiger partial charge in [0, 0.05) is 30.1 Å². The van der Waals surface area contributed by atoms with E-state index in [2.05, 4.69) is 53.0 Å². The fourth-order valence-corrected chi connectivity index (χ4v) is 5.18. The number of aliphatic hydroxyl groups is 2. The third-order valence-electron chi connectivity index (χ3n) is 6.74. The van der Waals surface area contributed by atoms with E-state index in [9.17, 15) is 10.2 Å². The molecular weight excluding hydrogens is 336 g/mol. The lowest BCUT2D eigenvalue weighted by Crippen LogP contribution is -2.67. The van der Waals surface area contributed by atoms with E-state index in [1.165, 1.54) is 18.4 Å². The summed E-state index contributed by atoms with van der Waals surface area (Å²) in [6.07, 6.45) is 6.18. The van der Waals surface area contributed by atoms with Gasteiger partial charge in [-0.05, 0) is 76.4 Å². The van der Waals surface area contributed by atoms with Crippen molar-refractivity contribution in [3.8, 4) is 11.8 Å². The van der Waals surface area contributed by atoms with Crippen molar-refractivity contribution in [1.29, 1.82) is 0 Å². The Kier molecular flexibility index (Phi) is 5.57. The highest BCUT2D eigenvalue weighted by atomic mass is 16.3. The zero-order chi connectivity index (χ0) is 18.9. The van der Waals surface area contributed by atoms with Crippen molar-refractivity contribution in [1.82, 2.24) is 9.80 Å². The number of rotatable bonds is 2. The summed E-state index contributed by atoms with van der Waals surface area (Å²) in [7, 11) is 2.21. The summed E-state index contributed by atoms with van der Waals surface area (Å²) in [5, 5.41) is 20.4. The van der Waals surface area contributed by atoms with E-state index < -0.39 is 5.60 Å². The molecule has 4 rings (SSSR count). The predicted octanol–water partition coefficient (Wildman–Crippen LogP) is 2.20. The van der Waals surface area contributed by atoms with Gasteiger partial charge >= 0.3 is 0 Å². The van der Waals surface area contributed by atoms with E-state index in [1.54, 1.807) is 0 Å². The second kappa shape index (κ2) is 7.93. The van der Waals surface area contributed by atoms with Gasteiger partial charge in [0.05, 0.1) is 6.61 Å². The zero-order valence-corrected chi connectivity index (χ0v) is 16.4. The maximum atomic E-state index is 10.4. The molecule has 2 aliphatic heterocycles. The highest BCUT2D eigenvalue weighted by Crippen LogP contribution is 2.41. The highest BCUT2D eigenvalue weighted by Gasteiger charge is 2.48. The molecule has 4 nitrogen and oxygen atoms in total. The summed E-state index contributed by atoms with van der Waals surface area (Å²) in [4.78, 5) is 4.93. The average molecular weight is 369 g/mol. The number of nitrogens with zero attached hydrogens (tertiary/aromatic N) is 2. The second-order valence-corrected chi connectivity index (χ2v) is 8.66. The van der Waals surface area contributed by atoms with Crippen LogP contribution in [0.15, 0.2) is 24.3 Å². The van der Waals surface area contributed by atoms with Crippen molar-refractivity contribution in [2.75, 3.05) is 33.3 Å². The average Bonchev–Trinajstić information content (AvgIpc) is 3.09. The maximum Gasteiger partial charge on any atom is 0.125 e. The molecule has 2 heterocycles. The molecule has 3 aliphatic rings. The summed E-state index contributed by atoms with van der Waals surface area (Å²) in [5.74, 6) is 6.64. The first-order valence-electron chi connectivity index (χ1n) is 10.5. The quantitative estimate of drug-likeness (QED) is 0.786. The Bertz CT molecular complexity index is 699. The first kappa shape index (κ1) is 19.0. The number of likely N-dealkylation sites (N-methyl/N-ethyl adjacent to an activating group) is 1. The maximum absolute atomic E-state index is 10.4. The van der Waals surface area contributed by atoms with E-state index in [-0.39, 0.29) is 12.6 Å². The van der Waals surface area contributed by atoms with Crippen LogP contribution in [-0.2, 0) is 0 Å². The number of benzene rings is 1. The first-order valence-corrected chi connectivity index (χ1v) is 10.5. The van der Waals surface area contributed by atoms with Gasteiger partial charge in [0.1, 0.15) is 5.60 Å². The van der Waals surface area contributed by atoms with E-state index in [0.29, 0.717) is 12.0 Å². The van der Waals surface area contributed by atoms with E-state index in [4.69, 9.17) is 0 Å². The Balaban J connectivity index is 1.50. The summed E-state index contributed by atoms with van der Waals surface area (Å²) >= 11 is 0. The lowest BCUT2D eigenvalue weighted by Gasteiger charge is -2.57. The van der Waals surface area contributed by atoms with E-state index >= 15 is 0 Å². The largest absolute Gasteiger partial charge is 0.395 e. The molecular formula is C23H32N2O2. The van der Waals surface area contributed by atoms with Gasteiger partial charge in [-0.3, -0.25) is 4.90 Å². The monoisotopic (exact) mass is 368 g/mol. The molecule has 1 aromatic rings. The summed E-state index contributed by atoms with van der Waals surface area (Å²) < 4.78 is 0. The highest BCUT2D eigenvalue weighted by molar-refractivity contribution is 5.40. The van der Waals surface area contributed by atoms with Gasteiger partial charge in [-0.2, -0.15) is 0 Å². The second-order valence-electron chi connectivity index (χ2n) is 8.66. The summed E-state index contributed by atoms with van der Waals surface area (Å²) in [5.41, 5.74) is 1.48. The number of hydrogen-bond donors (Lipinski definition) is 2. The van der Waals surface area contributed by atoms with Crippen LogP contribution >= 0.6 is 0 Å². The van der Waals surface area contributed by atoms with Crippen LogP contribution in [0.25, 0.3) is 0 Å². The van der Waals surface area contributed by atoms with Crippen LogP contribution in [0.3, 0.4) is 0 Å². The van der Waals surface area contributed by atoms with Gasteiger partial charge in [-0.25, -0.2) is 0 Å². The number of aliphatic hydroxyl groups excluding tert-OH is 1. The Morgan fingerprint density at radius 2 is 1.78 bits per heavy atom. The molecule has 0 spiro atoms. The predicted molar refractivity (Wildman–Crippen MR) is 108 cm³/mol. The van der Waals surface area contributed by atoms with Crippen molar-refractivity contribution < 1.29 is 10.2 Å².